The highest BCUT2D eigenvalue weighted by atomic mass is 28.3. The predicted octanol–water partition coefficient (Wildman–Crippen LogP) is 17.3. The number of hydrogen-bond donors (Lipinski definition) is 0. The van der Waals surface area contributed by atoms with Crippen LogP contribution in [0, 0.1) is 13.8 Å². The van der Waals surface area contributed by atoms with Crippen molar-refractivity contribution in [2.45, 2.75) is 52.8 Å². The van der Waals surface area contributed by atoms with Gasteiger partial charge < -0.3 is 14.5 Å². The van der Waals surface area contributed by atoms with Gasteiger partial charge in [0, 0.05) is 56.3 Å². The molecule has 1 aliphatic carbocycles. The van der Waals surface area contributed by atoms with Crippen molar-refractivity contribution in [3.8, 4) is 33.8 Å². The van der Waals surface area contributed by atoms with Crippen LogP contribution in [-0.2, 0) is 5.41 Å². The molecular formula is C62H52N2OSi. The topological polar surface area (TPSA) is 15.7 Å². The zero-order valence-electron chi connectivity index (χ0n) is 38.7. The van der Waals surface area contributed by atoms with E-state index in [0.717, 1.165) is 62.1 Å². The van der Waals surface area contributed by atoms with Crippen molar-refractivity contribution < 1.29 is 4.74 Å². The smallest absolute Gasteiger partial charge is 0.137 e. The normalized spacial score (nSPS) is 13.3. The molecule has 4 heteroatoms. The Bertz CT molecular complexity index is 3590. The van der Waals surface area contributed by atoms with E-state index in [1.165, 1.54) is 65.5 Å². The van der Waals surface area contributed by atoms with Gasteiger partial charge in [0.25, 0.3) is 0 Å². The number of rotatable bonds is 7. The second-order valence-electron chi connectivity index (χ2n) is 20.0. The Kier molecular flexibility index (Phi) is 9.01. The Labute approximate surface area is 389 Å². The summed E-state index contributed by atoms with van der Waals surface area (Å²) in [5.74, 6) is 1.75. The molecule has 10 aromatic rings. The van der Waals surface area contributed by atoms with Crippen LogP contribution in [-0.4, -0.2) is 8.07 Å². The summed E-state index contributed by atoms with van der Waals surface area (Å²) in [6, 6.07) is 69.9. The van der Waals surface area contributed by atoms with Crippen LogP contribution in [0.1, 0.15) is 36.1 Å². The Morgan fingerprint density at radius 2 is 0.970 bits per heavy atom. The summed E-state index contributed by atoms with van der Waals surface area (Å²) in [5, 5.41) is 8.69. The molecule has 0 radical (unpaired) electrons. The number of para-hydroxylation sites is 2. The molecule has 2 aliphatic rings. The molecule has 12 rings (SSSR count). The molecule has 3 nitrogen and oxygen atoms in total. The Morgan fingerprint density at radius 3 is 1.70 bits per heavy atom. The number of benzene rings is 10. The van der Waals surface area contributed by atoms with Crippen molar-refractivity contribution in [1.82, 2.24) is 0 Å². The minimum absolute atomic E-state index is 0.128. The number of fused-ring (bicyclic) bond motifs is 9. The van der Waals surface area contributed by atoms with Crippen molar-refractivity contribution in [3.05, 3.63) is 210 Å². The van der Waals surface area contributed by atoms with Crippen LogP contribution in [0.2, 0.25) is 19.6 Å². The van der Waals surface area contributed by atoms with Gasteiger partial charge in [-0.15, -0.1) is 0 Å². The Morgan fingerprint density at radius 1 is 0.394 bits per heavy atom. The first-order chi connectivity index (χ1) is 31.9. The molecule has 0 saturated carbocycles. The summed E-state index contributed by atoms with van der Waals surface area (Å²) in [6.45, 7) is 16.3. The van der Waals surface area contributed by atoms with E-state index in [-0.39, 0.29) is 5.41 Å². The van der Waals surface area contributed by atoms with Gasteiger partial charge in [-0.05, 0) is 148 Å². The van der Waals surface area contributed by atoms with Crippen molar-refractivity contribution in [2.24, 2.45) is 0 Å². The molecule has 320 valence electrons. The molecular weight excluding hydrogens is 817 g/mol. The van der Waals surface area contributed by atoms with Crippen molar-refractivity contribution in [1.29, 1.82) is 0 Å². The highest BCUT2D eigenvalue weighted by Crippen LogP contribution is 2.55. The molecule has 66 heavy (non-hydrogen) atoms. The third-order valence-electron chi connectivity index (χ3n) is 14.2. The third-order valence-corrected chi connectivity index (χ3v) is 16.3. The van der Waals surface area contributed by atoms with E-state index in [4.69, 9.17) is 4.74 Å². The first kappa shape index (κ1) is 40.1. The summed E-state index contributed by atoms with van der Waals surface area (Å²) < 4.78 is 7.09. The fourth-order valence-corrected chi connectivity index (χ4v) is 12.1. The maximum Gasteiger partial charge on any atom is 0.137 e. The maximum absolute atomic E-state index is 7.09. The fourth-order valence-electron chi connectivity index (χ4n) is 10.9. The van der Waals surface area contributed by atoms with E-state index < -0.39 is 8.07 Å². The molecule has 0 aromatic heterocycles. The molecule has 0 bridgehead atoms. The fraction of sp³-hybridized carbons (Fsp3) is 0.129. The van der Waals surface area contributed by atoms with E-state index in [9.17, 15) is 0 Å². The van der Waals surface area contributed by atoms with E-state index in [2.05, 4.69) is 245 Å². The Balaban J connectivity index is 1.06. The van der Waals surface area contributed by atoms with E-state index in [0.29, 0.717) is 0 Å². The molecule has 0 unspecified atom stereocenters. The lowest BCUT2D eigenvalue weighted by molar-refractivity contribution is 0.487. The average Bonchev–Trinajstić information content (AvgIpc) is 3.55. The van der Waals surface area contributed by atoms with Crippen molar-refractivity contribution in [3.63, 3.8) is 0 Å². The maximum atomic E-state index is 7.09. The second kappa shape index (κ2) is 14.8. The lowest BCUT2D eigenvalue weighted by atomic mass is 9.82. The van der Waals surface area contributed by atoms with Crippen molar-refractivity contribution in [2.75, 3.05) is 9.80 Å². The van der Waals surface area contributed by atoms with E-state index >= 15 is 0 Å². The number of hydrogen-bond acceptors (Lipinski definition) is 3. The standard InChI is InChI=1S/C62H52N2OSi/c1-39-22-29-49-51(32-39)52-37-55-50-31-26-45(63(41-16-10-8-11-17-41)43-23-27-46(28-24-43)66(5,6)7)36-59(50)65-60-34-40(2)33-54(61(55)60)53(52)38-58(49)64(42-18-12-9-13-19-42)44-25-30-48-47-20-14-15-21-56(47)62(3,4)57(48)35-44/h8-38H,1-7H3. The second-order valence-corrected chi connectivity index (χ2v) is 25.0. The number of anilines is 6. The summed E-state index contributed by atoms with van der Waals surface area (Å²) in [7, 11) is -1.47. The van der Waals surface area contributed by atoms with Gasteiger partial charge in [-0.2, -0.15) is 0 Å². The van der Waals surface area contributed by atoms with Gasteiger partial charge in [-0.25, -0.2) is 0 Å². The highest BCUT2D eigenvalue weighted by molar-refractivity contribution is 6.88. The number of nitrogens with zero attached hydrogens (tertiary/aromatic N) is 2. The first-order valence-corrected chi connectivity index (χ1v) is 26.7. The van der Waals surface area contributed by atoms with Crippen LogP contribution in [0.4, 0.5) is 34.1 Å². The first-order valence-electron chi connectivity index (χ1n) is 23.2. The largest absolute Gasteiger partial charge is 0.456 e. The molecule has 1 aliphatic heterocycles. The number of ether oxygens (including phenoxy) is 1. The summed E-state index contributed by atoms with van der Waals surface area (Å²) in [4.78, 5) is 4.82. The Hall–Kier alpha value is -7.40. The van der Waals surface area contributed by atoms with E-state index in [1.807, 2.05) is 0 Å². The van der Waals surface area contributed by atoms with Crippen LogP contribution >= 0.6 is 0 Å². The minimum atomic E-state index is -1.47. The van der Waals surface area contributed by atoms with Gasteiger partial charge in [-0.1, -0.05) is 147 Å². The number of aryl methyl sites for hydroxylation is 2. The SMILES string of the molecule is Cc1ccc2c(N(c3ccccc3)c3ccc4c(c3)C(C)(C)c3ccccc3-4)cc3c4cc(C)cc5c4c(cc3c2c1)-c1ccc(N(c2ccccc2)c2ccc([Si](C)(C)C)cc2)cc1O5. The molecule has 0 fully saturated rings. The molecule has 10 aromatic carbocycles. The third kappa shape index (κ3) is 6.30. The van der Waals surface area contributed by atoms with Crippen LogP contribution in [0.25, 0.3) is 54.6 Å². The summed E-state index contributed by atoms with van der Waals surface area (Å²) in [6.07, 6.45) is 0. The van der Waals surface area contributed by atoms with Crippen LogP contribution in [0.5, 0.6) is 11.5 Å². The lowest BCUT2D eigenvalue weighted by Crippen LogP contribution is -2.37. The van der Waals surface area contributed by atoms with Crippen LogP contribution < -0.4 is 19.7 Å². The summed E-state index contributed by atoms with van der Waals surface area (Å²) in [5.41, 5.74) is 16.6. The van der Waals surface area contributed by atoms with Crippen molar-refractivity contribution >= 4 is 79.7 Å². The van der Waals surface area contributed by atoms with Crippen LogP contribution in [0.15, 0.2) is 188 Å². The van der Waals surface area contributed by atoms with Gasteiger partial charge in [0.05, 0.1) is 13.8 Å². The molecule has 0 amide bonds. The molecule has 0 saturated heterocycles. The average molecular weight is 869 g/mol. The molecule has 1 heterocycles. The van der Waals surface area contributed by atoms with Gasteiger partial charge in [0.2, 0.25) is 0 Å². The highest BCUT2D eigenvalue weighted by Gasteiger charge is 2.36. The monoisotopic (exact) mass is 868 g/mol. The minimum Gasteiger partial charge on any atom is -0.456 e. The van der Waals surface area contributed by atoms with Crippen LogP contribution in [0.3, 0.4) is 0 Å². The molecule has 0 spiro atoms. The zero-order chi connectivity index (χ0) is 45.1. The van der Waals surface area contributed by atoms with Gasteiger partial charge >= 0.3 is 0 Å². The molecule has 0 N–H and O–H groups in total. The van der Waals surface area contributed by atoms with Gasteiger partial charge in [-0.3, -0.25) is 0 Å². The molecule has 0 atom stereocenters. The quantitative estimate of drug-likeness (QED) is 0.117. The van der Waals surface area contributed by atoms with Gasteiger partial charge in [0.1, 0.15) is 11.5 Å². The lowest BCUT2D eigenvalue weighted by Gasteiger charge is -2.30. The summed E-state index contributed by atoms with van der Waals surface area (Å²) >= 11 is 0. The predicted molar refractivity (Wildman–Crippen MR) is 284 cm³/mol. The van der Waals surface area contributed by atoms with E-state index in [1.54, 1.807) is 0 Å². The zero-order valence-corrected chi connectivity index (χ0v) is 39.7. The van der Waals surface area contributed by atoms with Gasteiger partial charge in [0.15, 0.2) is 0 Å².